The number of hydrogen-bond donors (Lipinski definition) is 0. The lowest BCUT2D eigenvalue weighted by molar-refractivity contribution is -0.156. The highest BCUT2D eigenvalue weighted by molar-refractivity contribution is 7.91. The number of esters is 1. The second kappa shape index (κ2) is 8.64. The molecular formula is C18H25NO6S. The van der Waals surface area contributed by atoms with E-state index >= 15 is 0 Å². The first-order valence-corrected chi connectivity index (χ1v) is 10.2. The van der Waals surface area contributed by atoms with Crippen LogP contribution in [-0.4, -0.2) is 62.9 Å². The maximum Gasteiger partial charge on any atom is 0.307 e. The number of aryl methyl sites for hydroxylation is 1. The van der Waals surface area contributed by atoms with Gasteiger partial charge in [0.1, 0.15) is 0 Å². The van der Waals surface area contributed by atoms with Crippen LogP contribution in [0.15, 0.2) is 29.2 Å². The Morgan fingerprint density at radius 1 is 1.15 bits per heavy atom. The Morgan fingerprint density at radius 3 is 2.31 bits per heavy atom. The first-order valence-electron chi connectivity index (χ1n) is 8.55. The standard InChI is InChI=1S/C18H25NO6S/c1-13-4-6-16(7-5-13)26(22,23)9-8-18(21)24-12-17(20)19-10-14(2)25-15(3)11-19/h4-7,14-15H,8-12H2,1-3H3. The Kier molecular flexibility index (Phi) is 6.77. The molecule has 2 unspecified atom stereocenters. The lowest BCUT2D eigenvalue weighted by Gasteiger charge is -2.35. The molecule has 2 rings (SSSR count). The third-order valence-corrected chi connectivity index (χ3v) is 5.82. The van der Waals surface area contributed by atoms with Gasteiger partial charge in [0.05, 0.1) is 29.3 Å². The number of nitrogens with zero attached hydrogens (tertiary/aromatic N) is 1. The Labute approximate surface area is 154 Å². The molecule has 1 heterocycles. The minimum atomic E-state index is -3.56. The summed E-state index contributed by atoms with van der Waals surface area (Å²) in [5, 5.41) is 0. The van der Waals surface area contributed by atoms with Crippen LogP contribution in [0.3, 0.4) is 0 Å². The van der Waals surface area contributed by atoms with E-state index in [1.165, 1.54) is 12.1 Å². The molecule has 1 saturated heterocycles. The van der Waals surface area contributed by atoms with Crippen molar-refractivity contribution in [1.29, 1.82) is 0 Å². The van der Waals surface area contributed by atoms with E-state index in [0.29, 0.717) is 13.1 Å². The molecule has 0 N–H and O–H groups in total. The van der Waals surface area contributed by atoms with Crippen LogP contribution in [0.4, 0.5) is 0 Å². The van der Waals surface area contributed by atoms with Crippen molar-refractivity contribution in [3.63, 3.8) is 0 Å². The third-order valence-electron chi connectivity index (χ3n) is 4.08. The quantitative estimate of drug-likeness (QED) is 0.689. The van der Waals surface area contributed by atoms with Gasteiger partial charge in [-0.05, 0) is 32.9 Å². The van der Waals surface area contributed by atoms with E-state index in [1.807, 2.05) is 20.8 Å². The molecule has 26 heavy (non-hydrogen) atoms. The number of hydrogen-bond acceptors (Lipinski definition) is 6. The third kappa shape index (κ3) is 5.81. The maximum absolute atomic E-state index is 12.2. The fourth-order valence-electron chi connectivity index (χ4n) is 2.77. The van der Waals surface area contributed by atoms with Gasteiger partial charge in [-0.25, -0.2) is 8.42 Å². The molecule has 8 heteroatoms. The van der Waals surface area contributed by atoms with E-state index in [4.69, 9.17) is 9.47 Å². The smallest absolute Gasteiger partial charge is 0.307 e. The predicted octanol–water partition coefficient (Wildman–Crippen LogP) is 1.34. The fourth-order valence-corrected chi connectivity index (χ4v) is 3.99. The zero-order chi connectivity index (χ0) is 19.3. The summed E-state index contributed by atoms with van der Waals surface area (Å²) in [6.45, 7) is 6.12. The van der Waals surface area contributed by atoms with Crippen LogP contribution in [0.5, 0.6) is 0 Å². The minimum absolute atomic E-state index is 0.0712. The second-order valence-corrected chi connectivity index (χ2v) is 8.71. The summed E-state index contributed by atoms with van der Waals surface area (Å²) >= 11 is 0. The maximum atomic E-state index is 12.2. The molecule has 2 atom stereocenters. The molecule has 1 aliphatic rings. The first kappa shape index (κ1) is 20.4. The summed E-state index contributed by atoms with van der Waals surface area (Å²) < 4.78 is 34.9. The number of sulfone groups is 1. The van der Waals surface area contributed by atoms with Crippen LogP contribution < -0.4 is 0 Å². The molecule has 1 aromatic rings. The lowest BCUT2D eigenvalue weighted by Crippen LogP contribution is -2.49. The summed E-state index contributed by atoms with van der Waals surface area (Å²) in [5.41, 5.74) is 0.952. The fraction of sp³-hybridized carbons (Fsp3) is 0.556. The Hall–Kier alpha value is -1.93. The highest BCUT2D eigenvalue weighted by atomic mass is 32.2. The number of ether oxygens (including phenoxy) is 2. The molecule has 0 aliphatic carbocycles. The molecule has 1 fully saturated rings. The number of carbonyl (C=O) groups excluding carboxylic acids is 2. The topological polar surface area (TPSA) is 90.0 Å². The van der Waals surface area contributed by atoms with Gasteiger partial charge < -0.3 is 14.4 Å². The van der Waals surface area contributed by atoms with Crippen LogP contribution in [0.1, 0.15) is 25.8 Å². The number of amides is 1. The largest absolute Gasteiger partial charge is 0.456 e. The van der Waals surface area contributed by atoms with Gasteiger partial charge in [0, 0.05) is 13.1 Å². The van der Waals surface area contributed by atoms with Crippen LogP contribution in [0.25, 0.3) is 0 Å². The van der Waals surface area contributed by atoms with Crippen molar-refractivity contribution in [1.82, 2.24) is 4.90 Å². The van der Waals surface area contributed by atoms with Gasteiger partial charge in [0.2, 0.25) is 0 Å². The van der Waals surface area contributed by atoms with Crippen molar-refractivity contribution in [2.75, 3.05) is 25.4 Å². The van der Waals surface area contributed by atoms with Crippen molar-refractivity contribution in [3.05, 3.63) is 29.8 Å². The van der Waals surface area contributed by atoms with E-state index in [-0.39, 0.29) is 41.8 Å². The summed E-state index contributed by atoms with van der Waals surface area (Å²) in [6.07, 6.45) is -0.435. The van der Waals surface area contributed by atoms with Gasteiger partial charge in [-0.15, -0.1) is 0 Å². The normalized spacial score (nSPS) is 20.7. The van der Waals surface area contributed by atoms with Crippen LogP contribution in [0.2, 0.25) is 0 Å². The molecule has 0 aromatic heterocycles. The SMILES string of the molecule is Cc1ccc(S(=O)(=O)CCC(=O)OCC(=O)N2CC(C)OC(C)C2)cc1. The summed E-state index contributed by atoms with van der Waals surface area (Å²) in [5.74, 6) is -1.36. The molecule has 0 spiro atoms. The number of carbonyl (C=O) groups is 2. The number of morpholine rings is 1. The Balaban J connectivity index is 1.79. The predicted molar refractivity (Wildman–Crippen MR) is 95.4 cm³/mol. The van der Waals surface area contributed by atoms with Crippen LogP contribution in [0, 0.1) is 6.92 Å². The van der Waals surface area contributed by atoms with Gasteiger partial charge in [0.25, 0.3) is 5.91 Å². The van der Waals surface area contributed by atoms with Crippen molar-refractivity contribution < 1.29 is 27.5 Å². The highest BCUT2D eigenvalue weighted by Gasteiger charge is 2.26. The van der Waals surface area contributed by atoms with E-state index in [2.05, 4.69) is 0 Å². The molecule has 7 nitrogen and oxygen atoms in total. The second-order valence-electron chi connectivity index (χ2n) is 6.60. The van der Waals surface area contributed by atoms with Crippen molar-refractivity contribution in [2.45, 2.75) is 44.3 Å². The van der Waals surface area contributed by atoms with E-state index in [0.717, 1.165) is 5.56 Å². The molecule has 0 saturated carbocycles. The molecule has 144 valence electrons. The average molecular weight is 383 g/mol. The molecule has 0 bridgehead atoms. The number of rotatable bonds is 6. The first-order chi connectivity index (χ1) is 12.2. The van der Waals surface area contributed by atoms with Crippen LogP contribution >= 0.6 is 0 Å². The Morgan fingerprint density at radius 2 is 1.73 bits per heavy atom. The van der Waals surface area contributed by atoms with E-state index < -0.39 is 15.8 Å². The van der Waals surface area contributed by atoms with Gasteiger partial charge in [-0.3, -0.25) is 9.59 Å². The zero-order valence-corrected chi connectivity index (χ0v) is 16.1. The molecule has 0 radical (unpaired) electrons. The molecule has 1 amide bonds. The van der Waals surface area contributed by atoms with Crippen molar-refractivity contribution in [2.24, 2.45) is 0 Å². The zero-order valence-electron chi connectivity index (χ0n) is 15.3. The minimum Gasteiger partial charge on any atom is -0.456 e. The highest BCUT2D eigenvalue weighted by Crippen LogP contribution is 2.14. The van der Waals surface area contributed by atoms with Gasteiger partial charge in [-0.1, -0.05) is 17.7 Å². The van der Waals surface area contributed by atoms with Crippen LogP contribution in [-0.2, 0) is 28.9 Å². The van der Waals surface area contributed by atoms with Gasteiger partial charge in [-0.2, -0.15) is 0 Å². The summed E-state index contributed by atoms with van der Waals surface area (Å²) in [6, 6.07) is 6.43. The lowest BCUT2D eigenvalue weighted by atomic mass is 10.2. The summed E-state index contributed by atoms with van der Waals surface area (Å²) in [4.78, 5) is 25.7. The molecule has 1 aliphatic heterocycles. The van der Waals surface area contributed by atoms with E-state index in [1.54, 1.807) is 17.0 Å². The molecular weight excluding hydrogens is 358 g/mol. The molecule has 1 aromatic carbocycles. The summed E-state index contributed by atoms with van der Waals surface area (Å²) in [7, 11) is -3.56. The van der Waals surface area contributed by atoms with Crippen molar-refractivity contribution in [3.8, 4) is 0 Å². The van der Waals surface area contributed by atoms with Gasteiger partial charge >= 0.3 is 5.97 Å². The Bertz CT molecular complexity index is 733. The van der Waals surface area contributed by atoms with E-state index in [9.17, 15) is 18.0 Å². The number of benzene rings is 1. The van der Waals surface area contributed by atoms with Gasteiger partial charge in [0.15, 0.2) is 16.4 Å². The average Bonchev–Trinajstić information content (AvgIpc) is 2.57. The monoisotopic (exact) mass is 383 g/mol. The van der Waals surface area contributed by atoms with Crippen molar-refractivity contribution >= 4 is 21.7 Å².